The Hall–Kier alpha value is -1.05. The van der Waals surface area contributed by atoms with Gasteiger partial charge in [0.15, 0.2) is 11.6 Å². The monoisotopic (exact) mass is 182 g/mol. The quantitative estimate of drug-likeness (QED) is 0.744. The third-order valence-electron chi connectivity index (χ3n) is 2.61. The van der Waals surface area contributed by atoms with E-state index in [1.807, 2.05) is 0 Å². The van der Waals surface area contributed by atoms with Crippen molar-refractivity contribution in [3.63, 3.8) is 0 Å². The summed E-state index contributed by atoms with van der Waals surface area (Å²) >= 11 is 0. The number of hydrogen-bond acceptors (Lipinski definition) is 1. The zero-order chi connectivity index (χ0) is 10.1. The topological polar surface area (TPSA) is 20.2 Å². The van der Waals surface area contributed by atoms with Crippen molar-refractivity contribution in [2.24, 2.45) is 0 Å². The first-order valence-corrected chi connectivity index (χ1v) is 4.46. The molecule has 0 spiro atoms. The molecule has 0 saturated carbocycles. The van der Waals surface area contributed by atoms with Crippen LogP contribution in [0.2, 0.25) is 0 Å². The number of benzene rings is 1. The largest absolute Gasteiger partial charge is 0.505 e. The molecule has 0 atom stereocenters. The molecule has 0 amide bonds. The third kappa shape index (κ3) is 2.00. The predicted molar refractivity (Wildman–Crippen MR) is 51.4 cm³/mol. The van der Waals surface area contributed by atoms with Crippen molar-refractivity contribution < 1.29 is 9.50 Å². The fraction of sp³-hybridized carbons (Fsp3) is 0.455. The van der Waals surface area contributed by atoms with Crippen LogP contribution >= 0.6 is 0 Å². The molecule has 0 unspecified atom stereocenters. The van der Waals surface area contributed by atoms with Gasteiger partial charge in [0.05, 0.1) is 0 Å². The maximum absolute atomic E-state index is 13.0. The molecule has 1 nitrogen and oxygen atoms in total. The van der Waals surface area contributed by atoms with Crippen LogP contribution in [0.25, 0.3) is 0 Å². The van der Waals surface area contributed by atoms with E-state index < -0.39 is 5.82 Å². The smallest absolute Gasteiger partial charge is 0.165 e. The Labute approximate surface area is 78.2 Å². The van der Waals surface area contributed by atoms with Gasteiger partial charge >= 0.3 is 0 Å². The second kappa shape index (κ2) is 3.36. The van der Waals surface area contributed by atoms with Gasteiger partial charge in [-0.05, 0) is 29.5 Å². The zero-order valence-electron chi connectivity index (χ0n) is 8.26. The highest BCUT2D eigenvalue weighted by Crippen LogP contribution is 2.29. The van der Waals surface area contributed by atoms with Crippen molar-refractivity contribution in [3.8, 4) is 5.75 Å². The number of hydrogen-bond donors (Lipinski definition) is 1. The first-order chi connectivity index (χ1) is 5.97. The van der Waals surface area contributed by atoms with Crippen LogP contribution in [-0.2, 0) is 5.41 Å². The molecule has 0 bridgehead atoms. The summed E-state index contributed by atoms with van der Waals surface area (Å²) in [5.74, 6) is -0.824. The summed E-state index contributed by atoms with van der Waals surface area (Å²) in [6, 6.07) is 4.57. The Bertz CT molecular complexity index is 305. The minimum atomic E-state index is -0.543. The normalized spacial score (nSPS) is 11.7. The fourth-order valence-electron chi connectivity index (χ4n) is 1.13. The summed E-state index contributed by atoms with van der Waals surface area (Å²) in [5, 5.41) is 9.01. The molecule has 72 valence electrons. The van der Waals surface area contributed by atoms with E-state index in [1.54, 1.807) is 6.07 Å². The molecule has 2 heteroatoms. The lowest BCUT2D eigenvalue weighted by molar-refractivity contribution is 0.427. The van der Waals surface area contributed by atoms with Crippen molar-refractivity contribution in [1.29, 1.82) is 0 Å². The Morgan fingerprint density at radius 2 is 2.00 bits per heavy atom. The molecule has 0 aliphatic rings. The first-order valence-electron chi connectivity index (χ1n) is 4.46. The third-order valence-corrected chi connectivity index (χ3v) is 2.61. The number of phenols is 1. The van der Waals surface area contributed by atoms with Gasteiger partial charge in [-0.1, -0.05) is 26.8 Å². The number of halogens is 1. The molecule has 0 radical (unpaired) electrons. The lowest BCUT2D eigenvalue weighted by Gasteiger charge is -2.23. The van der Waals surface area contributed by atoms with Gasteiger partial charge in [-0.15, -0.1) is 0 Å². The highest BCUT2D eigenvalue weighted by atomic mass is 19.1. The van der Waals surface area contributed by atoms with E-state index in [0.29, 0.717) is 0 Å². The van der Waals surface area contributed by atoms with Crippen LogP contribution in [0.4, 0.5) is 4.39 Å². The van der Waals surface area contributed by atoms with Gasteiger partial charge in [-0.2, -0.15) is 0 Å². The molecule has 13 heavy (non-hydrogen) atoms. The predicted octanol–water partition coefficient (Wildman–Crippen LogP) is 3.22. The summed E-state index contributed by atoms with van der Waals surface area (Å²) < 4.78 is 13.0. The van der Waals surface area contributed by atoms with Crippen LogP contribution < -0.4 is 0 Å². The summed E-state index contributed by atoms with van der Waals surface area (Å²) in [7, 11) is 0. The molecular weight excluding hydrogens is 167 g/mol. The second-order valence-electron chi connectivity index (χ2n) is 3.90. The molecule has 0 aromatic heterocycles. The van der Waals surface area contributed by atoms with Crippen molar-refractivity contribution in [2.45, 2.75) is 32.6 Å². The Morgan fingerprint density at radius 1 is 1.38 bits per heavy atom. The molecule has 1 N–H and O–H groups in total. The van der Waals surface area contributed by atoms with E-state index in [4.69, 9.17) is 5.11 Å². The van der Waals surface area contributed by atoms with Crippen LogP contribution in [0.3, 0.4) is 0 Å². The minimum absolute atomic E-state index is 0.0332. The van der Waals surface area contributed by atoms with Crippen LogP contribution in [-0.4, -0.2) is 5.11 Å². The van der Waals surface area contributed by atoms with Crippen LogP contribution in [0.1, 0.15) is 32.8 Å². The van der Waals surface area contributed by atoms with E-state index in [2.05, 4.69) is 20.8 Å². The number of aromatic hydroxyl groups is 1. The fourth-order valence-corrected chi connectivity index (χ4v) is 1.13. The molecule has 0 saturated heterocycles. The zero-order valence-corrected chi connectivity index (χ0v) is 8.26. The Kier molecular flexibility index (Phi) is 2.60. The first kappa shape index (κ1) is 10.0. The van der Waals surface area contributed by atoms with Crippen LogP contribution in [0.15, 0.2) is 18.2 Å². The number of rotatable bonds is 2. The summed E-state index contributed by atoms with van der Waals surface area (Å²) in [6.45, 7) is 6.17. The highest BCUT2D eigenvalue weighted by Gasteiger charge is 2.18. The molecule has 0 aliphatic carbocycles. The van der Waals surface area contributed by atoms with Crippen molar-refractivity contribution in [2.75, 3.05) is 0 Å². The summed E-state index contributed by atoms with van der Waals surface area (Å²) in [5.41, 5.74) is 0.888. The van der Waals surface area contributed by atoms with Crippen LogP contribution in [0, 0.1) is 5.82 Å². The van der Waals surface area contributed by atoms with Gasteiger partial charge in [-0.25, -0.2) is 4.39 Å². The van der Waals surface area contributed by atoms with Crippen molar-refractivity contribution in [3.05, 3.63) is 29.6 Å². The van der Waals surface area contributed by atoms with E-state index in [9.17, 15) is 4.39 Å². The average Bonchev–Trinajstić information content (AvgIpc) is 2.09. The molecule has 0 aliphatic heterocycles. The van der Waals surface area contributed by atoms with E-state index in [0.717, 1.165) is 12.0 Å². The van der Waals surface area contributed by atoms with Gasteiger partial charge in [0.1, 0.15) is 0 Å². The molecule has 1 aromatic carbocycles. The lowest BCUT2D eigenvalue weighted by atomic mass is 9.82. The Balaban J connectivity index is 3.10. The lowest BCUT2D eigenvalue weighted by Crippen LogP contribution is -2.15. The van der Waals surface area contributed by atoms with Gasteiger partial charge in [-0.3, -0.25) is 0 Å². The number of phenolic OH excluding ortho intramolecular Hbond substituents is 1. The van der Waals surface area contributed by atoms with Crippen LogP contribution in [0.5, 0.6) is 5.75 Å². The molecular formula is C11H15FO. The van der Waals surface area contributed by atoms with Crippen molar-refractivity contribution >= 4 is 0 Å². The maximum Gasteiger partial charge on any atom is 0.165 e. The maximum atomic E-state index is 13.0. The van der Waals surface area contributed by atoms with E-state index in [-0.39, 0.29) is 11.2 Å². The standard InChI is InChI=1S/C11H15FO/c1-4-11(2,3)8-5-6-10(13)9(12)7-8/h5-7,13H,4H2,1-3H3. The molecule has 1 rings (SSSR count). The van der Waals surface area contributed by atoms with Gasteiger partial charge in [0.2, 0.25) is 0 Å². The molecule has 0 heterocycles. The molecule has 0 fully saturated rings. The highest BCUT2D eigenvalue weighted by molar-refractivity contribution is 5.32. The van der Waals surface area contributed by atoms with Gasteiger partial charge < -0.3 is 5.11 Å². The van der Waals surface area contributed by atoms with E-state index in [1.165, 1.54) is 12.1 Å². The second-order valence-corrected chi connectivity index (χ2v) is 3.90. The van der Waals surface area contributed by atoms with Gasteiger partial charge in [0, 0.05) is 0 Å². The summed E-state index contributed by atoms with van der Waals surface area (Å²) in [4.78, 5) is 0. The SMILES string of the molecule is CCC(C)(C)c1ccc(O)c(F)c1. The minimum Gasteiger partial charge on any atom is -0.505 e. The summed E-state index contributed by atoms with van der Waals surface area (Å²) in [6.07, 6.45) is 0.942. The van der Waals surface area contributed by atoms with Crippen molar-refractivity contribution in [1.82, 2.24) is 0 Å². The van der Waals surface area contributed by atoms with Gasteiger partial charge in [0.25, 0.3) is 0 Å². The van der Waals surface area contributed by atoms with E-state index >= 15 is 0 Å². The average molecular weight is 182 g/mol. The Morgan fingerprint density at radius 3 is 2.46 bits per heavy atom. The molecule has 1 aromatic rings.